The van der Waals surface area contributed by atoms with E-state index < -0.39 is 23.9 Å². The lowest BCUT2D eigenvalue weighted by Crippen LogP contribution is -2.47. The van der Waals surface area contributed by atoms with Crippen LogP contribution in [0, 0.1) is 0 Å². The zero-order chi connectivity index (χ0) is 34.0. The highest BCUT2D eigenvalue weighted by molar-refractivity contribution is 6.19. The highest BCUT2D eigenvalue weighted by atomic mass is 35.5. The molecule has 0 aromatic heterocycles. The molecule has 5 aromatic rings. The van der Waals surface area contributed by atoms with E-state index in [-0.39, 0.29) is 48.9 Å². The summed E-state index contributed by atoms with van der Waals surface area (Å²) >= 11 is 11.7. The molecule has 5 aromatic carbocycles. The van der Waals surface area contributed by atoms with Crippen molar-refractivity contribution >= 4 is 56.7 Å². The van der Waals surface area contributed by atoms with E-state index in [2.05, 4.69) is 0 Å². The number of halogens is 2. The number of hydrogen-bond donors (Lipinski definition) is 0. The Bertz CT molecular complexity index is 1720. The summed E-state index contributed by atoms with van der Waals surface area (Å²) in [5.41, 5.74) is 0. The van der Waals surface area contributed by atoms with Gasteiger partial charge in [0.1, 0.15) is 23.0 Å². The van der Waals surface area contributed by atoms with Gasteiger partial charge in [0, 0.05) is 28.6 Å². The van der Waals surface area contributed by atoms with E-state index in [1.54, 1.807) is 50.2 Å². The first kappa shape index (κ1) is 34.7. The van der Waals surface area contributed by atoms with Crippen LogP contribution < -0.4 is 18.9 Å². The van der Waals surface area contributed by atoms with E-state index in [0.29, 0.717) is 11.5 Å². The van der Waals surface area contributed by atoms with Crippen LogP contribution >= 0.6 is 23.2 Å². The predicted molar refractivity (Wildman–Crippen MR) is 186 cm³/mol. The molecular formula is C38H36Cl2O8. The molecule has 10 heteroatoms. The van der Waals surface area contributed by atoms with Gasteiger partial charge in [0.15, 0.2) is 0 Å². The summed E-state index contributed by atoms with van der Waals surface area (Å²) in [6.07, 6.45) is 0.142. The minimum absolute atomic E-state index is 0.0487. The molecule has 0 aliphatic carbocycles. The summed E-state index contributed by atoms with van der Waals surface area (Å²) in [5.74, 6) is -3.38. The number of benzene rings is 5. The first-order valence-corrected chi connectivity index (χ1v) is 16.8. The van der Waals surface area contributed by atoms with Gasteiger partial charge in [-0.15, -0.1) is 23.2 Å². The molecule has 0 N–H and O–H groups in total. The number of rotatable bonds is 16. The van der Waals surface area contributed by atoms with Crippen LogP contribution in [0.3, 0.4) is 0 Å². The Morgan fingerprint density at radius 2 is 0.938 bits per heavy atom. The van der Waals surface area contributed by atoms with E-state index in [4.69, 9.17) is 51.6 Å². The zero-order valence-corrected chi connectivity index (χ0v) is 28.2. The number of hydrogen-bond acceptors (Lipinski definition) is 8. The third-order valence-corrected chi connectivity index (χ3v) is 7.76. The number of ether oxygens (including phenoxy) is 6. The van der Waals surface area contributed by atoms with Crippen LogP contribution in [-0.4, -0.2) is 35.6 Å². The monoisotopic (exact) mass is 690 g/mol. The lowest BCUT2D eigenvalue weighted by Gasteiger charge is -2.34. The first-order chi connectivity index (χ1) is 23.3. The SMILES string of the molecule is CCC(OC(=O)CCCl)(Oc1cccc(OC(CC)(OC(=O)CCCl)Oc2cccc3ccccc23)c1)Oc1cccc2ccccc12. The molecule has 0 fully saturated rings. The minimum Gasteiger partial charge on any atom is -0.420 e. The molecule has 0 saturated heterocycles. The van der Waals surface area contributed by atoms with Crippen molar-refractivity contribution in [1.29, 1.82) is 0 Å². The van der Waals surface area contributed by atoms with E-state index in [0.717, 1.165) is 21.5 Å². The molecule has 0 radical (unpaired) electrons. The van der Waals surface area contributed by atoms with Crippen LogP contribution in [0.15, 0.2) is 109 Å². The molecule has 0 saturated carbocycles. The van der Waals surface area contributed by atoms with Crippen molar-refractivity contribution in [3.05, 3.63) is 109 Å². The largest absolute Gasteiger partial charge is 0.420 e. The van der Waals surface area contributed by atoms with E-state index in [1.165, 1.54) is 0 Å². The Morgan fingerprint density at radius 3 is 1.35 bits per heavy atom. The van der Waals surface area contributed by atoms with Gasteiger partial charge in [0.2, 0.25) is 0 Å². The molecule has 250 valence electrons. The number of carbonyl (C=O) groups excluding carboxylic acids is 2. The highest BCUT2D eigenvalue weighted by Crippen LogP contribution is 2.36. The third-order valence-electron chi connectivity index (χ3n) is 7.38. The maximum Gasteiger partial charge on any atom is 0.418 e. The molecule has 0 bridgehead atoms. The van der Waals surface area contributed by atoms with Gasteiger partial charge in [-0.3, -0.25) is 9.59 Å². The quantitative estimate of drug-likeness (QED) is 0.0575. The molecule has 5 rings (SSSR count). The van der Waals surface area contributed by atoms with Crippen LogP contribution in [0.25, 0.3) is 21.5 Å². The Labute approximate surface area is 289 Å². The molecule has 0 heterocycles. The molecule has 2 unspecified atom stereocenters. The maximum absolute atomic E-state index is 12.8. The van der Waals surface area contributed by atoms with Crippen molar-refractivity contribution in [2.45, 2.75) is 51.5 Å². The standard InChI is InChI=1S/C38H36Cl2O8/c1-3-37(47-35(41)22-24-39,45-33-20-9-14-27-12-5-7-18-31(27)33)43-29-16-11-17-30(26-29)44-38(4-2,48-36(42)23-25-40)46-34-21-10-15-28-13-6-8-19-32(28)34/h5-21,26H,3-4,22-25H2,1-2H3. The summed E-state index contributed by atoms with van der Waals surface area (Å²) < 4.78 is 37.1. The zero-order valence-electron chi connectivity index (χ0n) is 26.7. The van der Waals surface area contributed by atoms with Gasteiger partial charge in [0.05, 0.1) is 25.7 Å². The van der Waals surface area contributed by atoms with Crippen molar-refractivity contribution < 1.29 is 38.0 Å². The second-order valence-electron chi connectivity index (χ2n) is 10.7. The van der Waals surface area contributed by atoms with Gasteiger partial charge >= 0.3 is 23.9 Å². The average Bonchev–Trinajstić information content (AvgIpc) is 3.09. The lowest BCUT2D eigenvalue weighted by molar-refractivity contribution is -0.287. The Hall–Kier alpha value is -4.66. The van der Waals surface area contributed by atoms with Gasteiger partial charge < -0.3 is 28.4 Å². The van der Waals surface area contributed by atoms with Crippen LogP contribution in [0.1, 0.15) is 39.5 Å². The summed E-state index contributed by atoms with van der Waals surface area (Å²) in [4.78, 5) is 25.6. The fourth-order valence-electron chi connectivity index (χ4n) is 5.03. The fourth-order valence-corrected chi connectivity index (χ4v) is 5.33. The van der Waals surface area contributed by atoms with Gasteiger partial charge in [-0.2, -0.15) is 0 Å². The summed E-state index contributed by atoms with van der Waals surface area (Å²) in [5, 5.41) is 3.49. The molecule has 0 aliphatic rings. The van der Waals surface area contributed by atoms with Gasteiger partial charge in [-0.25, -0.2) is 0 Å². The molecule has 8 nitrogen and oxygen atoms in total. The number of esters is 2. The van der Waals surface area contributed by atoms with Crippen LogP contribution in [0.5, 0.6) is 23.0 Å². The predicted octanol–water partition coefficient (Wildman–Crippen LogP) is 9.38. The van der Waals surface area contributed by atoms with Gasteiger partial charge in [-0.05, 0) is 35.0 Å². The average molecular weight is 692 g/mol. The van der Waals surface area contributed by atoms with Crippen molar-refractivity contribution in [2.75, 3.05) is 11.8 Å². The smallest absolute Gasteiger partial charge is 0.418 e. The summed E-state index contributed by atoms with van der Waals surface area (Å²) in [6, 6.07) is 33.1. The Morgan fingerprint density at radius 1 is 0.542 bits per heavy atom. The molecule has 2 atom stereocenters. The normalized spacial score (nSPS) is 13.6. The van der Waals surface area contributed by atoms with Crippen molar-refractivity contribution in [3.8, 4) is 23.0 Å². The fraction of sp³-hybridized carbons (Fsp3) is 0.263. The Kier molecular flexibility index (Phi) is 11.5. The third kappa shape index (κ3) is 8.43. The molecular weight excluding hydrogens is 655 g/mol. The van der Waals surface area contributed by atoms with Crippen molar-refractivity contribution in [1.82, 2.24) is 0 Å². The minimum atomic E-state index is -1.86. The number of alkyl halides is 2. The summed E-state index contributed by atoms with van der Waals surface area (Å²) in [7, 11) is 0. The van der Waals surface area contributed by atoms with E-state index in [9.17, 15) is 9.59 Å². The maximum atomic E-state index is 12.8. The topological polar surface area (TPSA) is 89.5 Å². The molecule has 0 amide bonds. The van der Waals surface area contributed by atoms with Crippen molar-refractivity contribution in [2.24, 2.45) is 0 Å². The van der Waals surface area contributed by atoms with Crippen LogP contribution in [0.4, 0.5) is 0 Å². The Balaban J connectivity index is 1.49. The van der Waals surface area contributed by atoms with E-state index >= 15 is 0 Å². The second kappa shape index (κ2) is 16.0. The van der Waals surface area contributed by atoms with Crippen LogP contribution in [-0.2, 0) is 19.1 Å². The lowest BCUT2D eigenvalue weighted by atomic mass is 10.1. The van der Waals surface area contributed by atoms with Crippen molar-refractivity contribution in [3.63, 3.8) is 0 Å². The first-order valence-electron chi connectivity index (χ1n) is 15.7. The van der Waals surface area contributed by atoms with Crippen LogP contribution in [0.2, 0.25) is 0 Å². The summed E-state index contributed by atoms with van der Waals surface area (Å²) in [6.45, 7) is 3.55. The van der Waals surface area contributed by atoms with Gasteiger partial charge in [-0.1, -0.05) is 92.7 Å². The van der Waals surface area contributed by atoms with E-state index in [1.807, 2.05) is 72.8 Å². The second-order valence-corrected chi connectivity index (χ2v) is 11.5. The highest BCUT2D eigenvalue weighted by Gasteiger charge is 2.41. The van der Waals surface area contributed by atoms with Gasteiger partial charge in [0.25, 0.3) is 0 Å². The molecule has 48 heavy (non-hydrogen) atoms. The molecule has 0 spiro atoms. The number of fused-ring (bicyclic) bond motifs is 2. The number of carbonyl (C=O) groups is 2. The molecule has 0 aliphatic heterocycles.